The fraction of sp³-hybridized carbons (Fsp3) is 0.346. The van der Waals surface area contributed by atoms with Crippen molar-refractivity contribution in [2.75, 3.05) is 5.32 Å². The van der Waals surface area contributed by atoms with E-state index in [4.69, 9.17) is 9.47 Å². The van der Waals surface area contributed by atoms with Crippen LogP contribution in [0.2, 0.25) is 0 Å². The SMILES string of the molecule is Cc1nc2c(C)cc(Oc3cc(CC4CCC5(CC4)OC(=O)Nc4ncccc45)ncn3)cc2[nH]1. The van der Waals surface area contributed by atoms with Gasteiger partial charge in [-0.3, -0.25) is 5.32 Å². The predicted octanol–water partition coefficient (Wildman–Crippen LogP) is 5.35. The van der Waals surface area contributed by atoms with E-state index >= 15 is 0 Å². The van der Waals surface area contributed by atoms with E-state index in [1.165, 1.54) is 0 Å². The van der Waals surface area contributed by atoms with Crippen molar-refractivity contribution in [2.24, 2.45) is 5.92 Å². The first-order chi connectivity index (χ1) is 17.0. The number of rotatable bonds is 4. The molecule has 6 rings (SSSR count). The molecule has 0 unspecified atom stereocenters. The van der Waals surface area contributed by atoms with Gasteiger partial charge in [0, 0.05) is 29.6 Å². The zero-order valence-corrected chi connectivity index (χ0v) is 19.7. The summed E-state index contributed by atoms with van der Waals surface area (Å²) >= 11 is 0. The summed E-state index contributed by atoms with van der Waals surface area (Å²) in [6.45, 7) is 3.96. The molecule has 0 atom stereocenters. The van der Waals surface area contributed by atoms with Crippen LogP contribution in [-0.2, 0) is 16.8 Å². The molecule has 4 aromatic rings. The molecule has 9 heteroatoms. The largest absolute Gasteiger partial charge is 0.439 e. The number of aromatic amines is 1. The molecule has 9 nitrogen and oxygen atoms in total. The Labute approximate surface area is 202 Å². The lowest BCUT2D eigenvalue weighted by Gasteiger charge is -2.42. The highest BCUT2D eigenvalue weighted by Gasteiger charge is 2.45. The first-order valence-corrected chi connectivity index (χ1v) is 11.9. The van der Waals surface area contributed by atoms with Crippen molar-refractivity contribution in [3.05, 3.63) is 65.5 Å². The average Bonchev–Trinajstić information content (AvgIpc) is 3.22. The molecule has 1 saturated carbocycles. The van der Waals surface area contributed by atoms with E-state index in [2.05, 4.69) is 30.2 Å². The smallest absolute Gasteiger partial charge is 0.413 e. The minimum Gasteiger partial charge on any atom is -0.439 e. The maximum Gasteiger partial charge on any atom is 0.413 e. The molecule has 1 aromatic carbocycles. The zero-order chi connectivity index (χ0) is 24.0. The molecule has 1 amide bonds. The number of fused-ring (bicyclic) bond motifs is 3. The van der Waals surface area contributed by atoms with E-state index in [1.54, 1.807) is 12.5 Å². The Morgan fingerprint density at radius 3 is 2.86 bits per heavy atom. The number of nitrogens with zero attached hydrogens (tertiary/aromatic N) is 4. The number of H-pyrrole nitrogens is 1. The molecule has 2 aliphatic rings. The maximum absolute atomic E-state index is 12.1. The Hall–Kier alpha value is -4.01. The molecule has 178 valence electrons. The second kappa shape index (κ2) is 8.33. The highest BCUT2D eigenvalue weighted by Crippen LogP contribution is 2.47. The number of amides is 1. The van der Waals surface area contributed by atoms with Gasteiger partial charge in [0.05, 0.1) is 11.0 Å². The molecule has 3 aromatic heterocycles. The number of ether oxygens (including phenoxy) is 2. The van der Waals surface area contributed by atoms with Gasteiger partial charge in [-0.15, -0.1) is 0 Å². The van der Waals surface area contributed by atoms with Gasteiger partial charge < -0.3 is 14.5 Å². The summed E-state index contributed by atoms with van der Waals surface area (Å²) in [7, 11) is 0. The van der Waals surface area contributed by atoms with Crippen LogP contribution < -0.4 is 10.1 Å². The number of aromatic nitrogens is 5. The third-order valence-corrected chi connectivity index (χ3v) is 7.01. The standard InChI is InChI=1S/C26H26N6O3/c1-15-10-19(13-21-23(15)31-16(2)30-21)34-22-12-18(28-14-29-22)11-17-5-7-26(8-6-17)20-4-3-9-27-24(20)32-25(33)35-26/h3-4,9-10,12-14,17H,5-8,11H2,1-2H3,(H,30,31)(H,27,32,33). The predicted molar refractivity (Wildman–Crippen MR) is 129 cm³/mol. The number of aryl methyl sites for hydroxylation is 2. The number of anilines is 1. The summed E-state index contributed by atoms with van der Waals surface area (Å²) in [4.78, 5) is 33.0. The van der Waals surface area contributed by atoms with Crippen molar-refractivity contribution in [1.82, 2.24) is 24.9 Å². The van der Waals surface area contributed by atoms with Gasteiger partial charge in [-0.25, -0.2) is 24.7 Å². The van der Waals surface area contributed by atoms with Gasteiger partial charge in [-0.1, -0.05) is 0 Å². The lowest BCUT2D eigenvalue weighted by atomic mass is 9.73. The highest BCUT2D eigenvalue weighted by atomic mass is 16.6. The van der Waals surface area contributed by atoms with Crippen LogP contribution in [-0.4, -0.2) is 31.0 Å². The van der Waals surface area contributed by atoms with Crippen LogP contribution in [0.25, 0.3) is 11.0 Å². The first-order valence-electron chi connectivity index (χ1n) is 11.9. The van der Waals surface area contributed by atoms with Crippen LogP contribution in [0.4, 0.5) is 10.6 Å². The topological polar surface area (TPSA) is 115 Å². The second-order valence-electron chi connectivity index (χ2n) is 9.46. The number of imidazole rings is 1. The van der Waals surface area contributed by atoms with Crippen LogP contribution in [0.5, 0.6) is 11.6 Å². The molecule has 35 heavy (non-hydrogen) atoms. The molecular formula is C26H26N6O3. The van der Waals surface area contributed by atoms with Crippen LogP contribution in [0.15, 0.2) is 42.9 Å². The third kappa shape index (κ3) is 4.07. The number of hydrogen-bond donors (Lipinski definition) is 2. The monoisotopic (exact) mass is 470 g/mol. The summed E-state index contributed by atoms with van der Waals surface area (Å²) in [5, 5.41) is 2.71. The summed E-state index contributed by atoms with van der Waals surface area (Å²) < 4.78 is 11.9. The first kappa shape index (κ1) is 21.5. The van der Waals surface area contributed by atoms with E-state index in [0.29, 0.717) is 23.4 Å². The number of benzene rings is 1. The fourth-order valence-electron chi connectivity index (χ4n) is 5.35. The van der Waals surface area contributed by atoms with E-state index in [1.807, 2.05) is 44.2 Å². The minimum atomic E-state index is -0.593. The molecule has 1 fully saturated rings. The van der Waals surface area contributed by atoms with Crippen molar-refractivity contribution in [2.45, 2.75) is 51.6 Å². The van der Waals surface area contributed by atoms with Crippen LogP contribution in [0.3, 0.4) is 0 Å². The summed E-state index contributed by atoms with van der Waals surface area (Å²) in [5.74, 6) is 3.15. The Morgan fingerprint density at radius 2 is 2.00 bits per heavy atom. The quantitative estimate of drug-likeness (QED) is 0.413. The average molecular weight is 471 g/mol. The number of hydrogen-bond acceptors (Lipinski definition) is 7. The number of carbonyl (C=O) groups is 1. The van der Waals surface area contributed by atoms with E-state index in [9.17, 15) is 4.79 Å². The van der Waals surface area contributed by atoms with Gasteiger partial charge in [-0.05, 0) is 75.6 Å². The van der Waals surface area contributed by atoms with E-state index in [-0.39, 0.29) is 0 Å². The minimum absolute atomic E-state index is 0.425. The molecule has 0 radical (unpaired) electrons. The number of carbonyl (C=O) groups excluding carboxylic acids is 1. The Balaban J connectivity index is 1.15. The van der Waals surface area contributed by atoms with Crippen molar-refractivity contribution in [3.8, 4) is 11.6 Å². The fourth-order valence-corrected chi connectivity index (χ4v) is 5.35. The van der Waals surface area contributed by atoms with E-state index in [0.717, 1.165) is 65.8 Å². The zero-order valence-electron chi connectivity index (χ0n) is 19.7. The highest BCUT2D eigenvalue weighted by molar-refractivity contribution is 5.87. The molecular weight excluding hydrogens is 444 g/mol. The molecule has 2 N–H and O–H groups in total. The number of nitrogens with one attached hydrogen (secondary N) is 2. The second-order valence-corrected chi connectivity index (χ2v) is 9.46. The van der Waals surface area contributed by atoms with Gasteiger partial charge in [0.1, 0.15) is 29.3 Å². The van der Waals surface area contributed by atoms with Crippen LogP contribution >= 0.6 is 0 Å². The van der Waals surface area contributed by atoms with Gasteiger partial charge in [0.2, 0.25) is 5.88 Å². The summed E-state index contributed by atoms with van der Waals surface area (Å²) in [6, 6.07) is 9.71. The molecule has 1 spiro atoms. The lowest BCUT2D eigenvalue weighted by Crippen LogP contribution is -2.42. The van der Waals surface area contributed by atoms with Gasteiger partial charge in [-0.2, -0.15) is 0 Å². The van der Waals surface area contributed by atoms with Crippen molar-refractivity contribution in [3.63, 3.8) is 0 Å². The summed E-state index contributed by atoms with van der Waals surface area (Å²) in [5.41, 5.74) is 4.25. The summed E-state index contributed by atoms with van der Waals surface area (Å²) in [6.07, 6.45) is 7.02. The molecule has 0 saturated heterocycles. The van der Waals surface area contributed by atoms with Crippen molar-refractivity contribution < 1.29 is 14.3 Å². The van der Waals surface area contributed by atoms with Gasteiger partial charge in [0.15, 0.2) is 0 Å². The molecule has 4 heterocycles. The number of pyridine rings is 1. The van der Waals surface area contributed by atoms with Crippen LogP contribution in [0, 0.1) is 19.8 Å². The normalized spacial score (nSPS) is 21.4. The maximum atomic E-state index is 12.1. The third-order valence-electron chi connectivity index (χ3n) is 7.01. The van der Waals surface area contributed by atoms with Crippen molar-refractivity contribution >= 4 is 22.9 Å². The van der Waals surface area contributed by atoms with E-state index < -0.39 is 11.7 Å². The Morgan fingerprint density at radius 1 is 1.14 bits per heavy atom. The van der Waals surface area contributed by atoms with Crippen molar-refractivity contribution in [1.29, 1.82) is 0 Å². The molecule has 1 aliphatic heterocycles. The van der Waals surface area contributed by atoms with Gasteiger partial charge in [0.25, 0.3) is 0 Å². The lowest BCUT2D eigenvalue weighted by molar-refractivity contribution is -0.0291. The molecule has 0 bridgehead atoms. The Kier molecular flexibility index (Phi) is 5.12. The molecule has 1 aliphatic carbocycles. The van der Waals surface area contributed by atoms with Gasteiger partial charge >= 0.3 is 6.09 Å². The van der Waals surface area contributed by atoms with Crippen LogP contribution in [0.1, 0.15) is 48.3 Å². The Bertz CT molecular complexity index is 1420.